The number of hydrogen-bond acceptors (Lipinski definition) is 4. The van der Waals surface area contributed by atoms with E-state index in [1.54, 1.807) is 4.90 Å². The van der Waals surface area contributed by atoms with Crippen molar-refractivity contribution in [2.45, 2.75) is 13.3 Å². The summed E-state index contributed by atoms with van der Waals surface area (Å²) in [7, 11) is 0. The molecule has 0 spiro atoms. The molecular weight excluding hydrogens is 170 g/mol. The minimum absolute atomic E-state index is 0.0781. The summed E-state index contributed by atoms with van der Waals surface area (Å²) >= 11 is 0. The zero-order valence-corrected chi connectivity index (χ0v) is 7.43. The average Bonchev–Trinajstić information content (AvgIpc) is 2.72. The third kappa shape index (κ3) is 1.54. The van der Waals surface area contributed by atoms with Gasteiger partial charge in [-0.2, -0.15) is 0 Å². The zero-order chi connectivity index (χ0) is 9.26. The van der Waals surface area contributed by atoms with Crippen LogP contribution >= 0.6 is 0 Å². The molecule has 13 heavy (non-hydrogen) atoms. The maximum Gasteiger partial charge on any atom is 0.277 e. The molecule has 0 N–H and O–H groups in total. The van der Waals surface area contributed by atoms with Crippen LogP contribution in [0.2, 0.25) is 0 Å². The minimum Gasteiger partial charge on any atom is -0.337 e. The van der Waals surface area contributed by atoms with E-state index in [0.29, 0.717) is 11.6 Å². The zero-order valence-electron chi connectivity index (χ0n) is 7.43. The number of likely N-dealkylation sites (tertiary alicyclic amines) is 1. The molecule has 1 fully saturated rings. The Bertz CT molecular complexity index is 296. The van der Waals surface area contributed by atoms with E-state index in [0.717, 1.165) is 19.5 Å². The van der Waals surface area contributed by atoms with Crippen molar-refractivity contribution >= 4 is 5.91 Å². The van der Waals surface area contributed by atoms with E-state index < -0.39 is 0 Å². The summed E-state index contributed by atoms with van der Waals surface area (Å²) < 4.78 is 4.37. The third-order valence-corrected chi connectivity index (χ3v) is 2.29. The summed E-state index contributed by atoms with van der Waals surface area (Å²) in [5, 5.41) is 6.91. The summed E-state index contributed by atoms with van der Waals surface area (Å²) in [5.74, 6) is 0.509. The summed E-state index contributed by atoms with van der Waals surface area (Å²) in [4.78, 5) is 13.4. The van der Waals surface area contributed by atoms with Crippen molar-refractivity contribution < 1.29 is 9.42 Å². The van der Waals surface area contributed by atoms with Crippen LogP contribution in [-0.2, 0) is 0 Å². The highest BCUT2D eigenvalue weighted by Crippen LogP contribution is 2.16. The van der Waals surface area contributed by atoms with E-state index in [1.165, 1.54) is 6.20 Å². The van der Waals surface area contributed by atoms with Gasteiger partial charge in [-0.3, -0.25) is 4.79 Å². The van der Waals surface area contributed by atoms with E-state index in [4.69, 9.17) is 0 Å². The van der Waals surface area contributed by atoms with Crippen LogP contribution in [0, 0.1) is 5.92 Å². The van der Waals surface area contributed by atoms with Crippen LogP contribution < -0.4 is 0 Å². The van der Waals surface area contributed by atoms with Gasteiger partial charge < -0.3 is 4.90 Å². The first-order valence-electron chi connectivity index (χ1n) is 4.34. The maximum absolute atomic E-state index is 11.6. The number of nitrogens with zero attached hydrogens (tertiary/aromatic N) is 3. The van der Waals surface area contributed by atoms with Crippen LogP contribution in [0.3, 0.4) is 0 Å². The van der Waals surface area contributed by atoms with Gasteiger partial charge in [0.15, 0.2) is 5.69 Å². The Kier molecular flexibility index (Phi) is 2.00. The Morgan fingerprint density at radius 3 is 3.15 bits per heavy atom. The molecule has 1 aromatic rings. The fraction of sp³-hybridized carbons (Fsp3) is 0.625. The van der Waals surface area contributed by atoms with Gasteiger partial charge in [-0.05, 0) is 17.5 Å². The minimum atomic E-state index is -0.0781. The van der Waals surface area contributed by atoms with Gasteiger partial charge in [-0.25, -0.2) is 4.63 Å². The Morgan fingerprint density at radius 2 is 2.62 bits per heavy atom. The Morgan fingerprint density at radius 1 is 1.77 bits per heavy atom. The summed E-state index contributed by atoms with van der Waals surface area (Å²) in [6.07, 6.45) is 2.42. The molecule has 0 saturated carbocycles. The quantitative estimate of drug-likeness (QED) is 0.634. The number of amides is 1. The highest BCUT2D eigenvalue weighted by Gasteiger charge is 2.25. The second kappa shape index (κ2) is 3.16. The van der Waals surface area contributed by atoms with Crippen molar-refractivity contribution in [2.24, 2.45) is 5.92 Å². The van der Waals surface area contributed by atoms with Crippen molar-refractivity contribution in [1.29, 1.82) is 0 Å². The molecule has 1 aromatic heterocycles. The van der Waals surface area contributed by atoms with E-state index in [2.05, 4.69) is 21.9 Å². The first kappa shape index (κ1) is 8.22. The largest absolute Gasteiger partial charge is 0.337 e. The van der Waals surface area contributed by atoms with Crippen LogP contribution in [0.1, 0.15) is 23.8 Å². The number of hydrogen-bond donors (Lipinski definition) is 0. The topological polar surface area (TPSA) is 59.2 Å². The standard InChI is InChI=1S/C8H11N3O2/c1-6-2-3-11(5-6)8(12)7-4-9-13-10-7/h4,6H,2-3,5H2,1H3. The normalized spacial score (nSPS) is 22.2. The molecule has 0 aliphatic carbocycles. The molecule has 1 aliphatic heterocycles. The fourth-order valence-corrected chi connectivity index (χ4v) is 1.54. The number of carbonyl (C=O) groups excluding carboxylic acids is 1. The molecule has 1 atom stereocenters. The molecule has 1 amide bonds. The number of aromatic nitrogens is 2. The average molecular weight is 181 g/mol. The summed E-state index contributed by atoms with van der Waals surface area (Å²) in [6, 6.07) is 0. The molecular formula is C8H11N3O2. The summed E-state index contributed by atoms with van der Waals surface area (Å²) in [5.41, 5.74) is 0.300. The monoisotopic (exact) mass is 181 g/mol. The summed E-state index contributed by atoms with van der Waals surface area (Å²) in [6.45, 7) is 3.76. The molecule has 2 rings (SSSR count). The number of rotatable bonds is 1. The van der Waals surface area contributed by atoms with Gasteiger partial charge in [0.05, 0.1) is 0 Å². The first-order valence-corrected chi connectivity index (χ1v) is 4.34. The molecule has 5 heteroatoms. The predicted molar refractivity (Wildman–Crippen MR) is 44.0 cm³/mol. The molecule has 2 heterocycles. The van der Waals surface area contributed by atoms with Crippen molar-refractivity contribution in [1.82, 2.24) is 15.2 Å². The van der Waals surface area contributed by atoms with Gasteiger partial charge in [-0.1, -0.05) is 12.1 Å². The molecule has 5 nitrogen and oxygen atoms in total. The fourth-order valence-electron chi connectivity index (χ4n) is 1.54. The van der Waals surface area contributed by atoms with Crippen LogP contribution in [0.5, 0.6) is 0 Å². The molecule has 1 unspecified atom stereocenters. The van der Waals surface area contributed by atoms with Gasteiger partial charge in [0.25, 0.3) is 5.91 Å². The Labute approximate surface area is 75.7 Å². The molecule has 0 aromatic carbocycles. The lowest BCUT2D eigenvalue weighted by atomic mass is 10.2. The lowest BCUT2D eigenvalue weighted by Crippen LogP contribution is -2.28. The predicted octanol–water partition coefficient (Wildman–Crippen LogP) is 0.552. The van der Waals surface area contributed by atoms with E-state index >= 15 is 0 Å². The van der Waals surface area contributed by atoms with Gasteiger partial charge in [-0.15, -0.1) is 0 Å². The first-order chi connectivity index (χ1) is 6.27. The molecule has 0 radical (unpaired) electrons. The van der Waals surface area contributed by atoms with Crippen molar-refractivity contribution in [2.75, 3.05) is 13.1 Å². The molecule has 70 valence electrons. The third-order valence-electron chi connectivity index (χ3n) is 2.29. The van der Waals surface area contributed by atoms with Crippen molar-refractivity contribution in [3.05, 3.63) is 11.9 Å². The molecule has 1 saturated heterocycles. The van der Waals surface area contributed by atoms with Crippen LogP contribution in [0.15, 0.2) is 10.8 Å². The smallest absolute Gasteiger partial charge is 0.277 e. The lowest BCUT2D eigenvalue weighted by molar-refractivity contribution is 0.0777. The highest BCUT2D eigenvalue weighted by molar-refractivity contribution is 5.91. The maximum atomic E-state index is 11.6. The second-order valence-electron chi connectivity index (χ2n) is 3.44. The van der Waals surface area contributed by atoms with Crippen LogP contribution in [0.4, 0.5) is 0 Å². The number of carbonyl (C=O) groups is 1. The Hall–Kier alpha value is -1.39. The van der Waals surface area contributed by atoms with Gasteiger partial charge >= 0.3 is 0 Å². The van der Waals surface area contributed by atoms with E-state index in [-0.39, 0.29) is 5.91 Å². The van der Waals surface area contributed by atoms with Crippen molar-refractivity contribution in [3.8, 4) is 0 Å². The molecule has 1 aliphatic rings. The SMILES string of the molecule is CC1CCN(C(=O)c2cnon2)C1. The van der Waals surface area contributed by atoms with Gasteiger partial charge in [0.2, 0.25) is 0 Å². The van der Waals surface area contributed by atoms with Crippen LogP contribution in [-0.4, -0.2) is 34.2 Å². The van der Waals surface area contributed by atoms with Crippen LogP contribution in [0.25, 0.3) is 0 Å². The van der Waals surface area contributed by atoms with Gasteiger partial charge in [0, 0.05) is 13.1 Å². The second-order valence-corrected chi connectivity index (χ2v) is 3.44. The van der Waals surface area contributed by atoms with Crippen molar-refractivity contribution in [3.63, 3.8) is 0 Å². The van der Waals surface area contributed by atoms with Gasteiger partial charge in [0.1, 0.15) is 6.20 Å². The van der Waals surface area contributed by atoms with E-state index in [1.807, 2.05) is 0 Å². The molecule has 0 bridgehead atoms. The highest BCUT2D eigenvalue weighted by atomic mass is 16.6. The lowest BCUT2D eigenvalue weighted by Gasteiger charge is -2.12. The van der Waals surface area contributed by atoms with E-state index in [9.17, 15) is 4.79 Å². The Balaban J connectivity index is 2.06.